The van der Waals surface area contributed by atoms with Crippen molar-refractivity contribution in [2.24, 2.45) is 5.41 Å². The molecule has 1 rings (SSSR count). The second kappa shape index (κ2) is 6.16. The molecule has 0 aromatic heterocycles. The molecule has 0 radical (unpaired) electrons. The molecule has 0 amide bonds. The van der Waals surface area contributed by atoms with Gasteiger partial charge in [-0.15, -0.1) is 0 Å². The summed E-state index contributed by atoms with van der Waals surface area (Å²) in [5.41, 5.74) is 0.0136. The molecule has 1 saturated heterocycles. The molecule has 0 aromatic rings. The van der Waals surface area contributed by atoms with Crippen LogP contribution in [0, 0.1) is 5.41 Å². The minimum atomic E-state index is -3.06. The molecule has 4 nitrogen and oxygen atoms in total. The highest BCUT2D eigenvalue weighted by molar-refractivity contribution is 7.89. The van der Waals surface area contributed by atoms with Gasteiger partial charge in [-0.3, -0.25) is 0 Å². The summed E-state index contributed by atoms with van der Waals surface area (Å²) in [7, 11) is -3.06. The van der Waals surface area contributed by atoms with E-state index in [2.05, 4.69) is 26.1 Å². The largest absolute Gasteiger partial charge is 0.315 e. The first-order valence-corrected chi connectivity index (χ1v) is 8.17. The molecule has 5 heteroatoms. The van der Waals surface area contributed by atoms with Crippen LogP contribution in [0.2, 0.25) is 0 Å². The predicted octanol–water partition coefficient (Wildman–Crippen LogP) is 1.44. The number of hydrogen-bond donors (Lipinski definition) is 1. The zero-order valence-corrected chi connectivity index (χ0v) is 12.1. The van der Waals surface area contributed by atoms with E-state index in [1.54, 1.807) is 4.31 Å². The average Bonchev–Trinajstić information content (AvgIpc) is 2.22. The van der Waals surface area contributed by atoms with E-state index < -0.39 is 10.0 Å². The summed E-state index contributed by atoms with van der Waals surface area (Å²) in [6, 6.07) is 0. The second-order valence-electron chi connectivity index (χ2n) is 5.70. The number of unbranched alkanes of at least 4 members (excludes halogenated alkanes) is 2. The van der Waals surface area contributed by atoms with Gasteiger partial charge in [0.2, 0.25) is 10.0 Å². The molecule has 0 unspecified atom stereocenters. The van der Waals surface area contributed by atoms with E-state index in [4.69, 9.17) is 0 Å². The number of nitrogens with one attached hydrogen (secondary N) is 1. The quantitative estimate of drug-likeness (QED) is 0.780. The number of hydrogen-bond acceptors (Lipinski definition) is 3. The first-order chi connectivity index (χ1) is 7.87. The van der Waals surface area contributed by atoms with Crippen molar-refractivity contribution < 1.29 is 8.42 Å². The maximum Gasteiger partial charge on any atom is 0.215 e. The summed E-state index contributed by atoms with van der Waals surface area (Å²) in [5, 5.41) is 3.22. The Labute approximate surface area is 106 Å². The first kappa shape index (κ1) is 14.9. The van der Waals surface area contributed by atoms with Gasteiger partial charge in [-0.25, -0.2) is 12.7 Å². The van der Waals surface area contributed by atoms with Crippen molar-refractivity contribution in [2.45, 2.75) is 40.0 Å². The average molecular weight is 262 g/mol. The van der Waals surface area contributed by atoms with Gasteiger partial charge in [-0.05, 0) is 11.8 Å². The van der Waals surface area contributed by atoms with Crippen molar-refractivity contribution in [2.75, 3.05) is 31.9 Å². The molecule has 1 fully saturated rings. The summed E-state index contributed by atoms with van der Waals surface area (Å²) in [4.78, 5) is 0. The van der Waals surface area contributed by atoms with Gasteiger partial charge < -0.3 is 5.32 Å². The lowest BCUT2D eigenvalue weighted by atomic mass is 9.93. The molecule has 0 aromatic carbocycles. The fourth-order valence-corrected chi connectivity index (χ4v) is 3.76. The van der Waals surface area contributed by atoms with E-state index in [0.717, 1.165) is 25.8 Å². The van der Waals surface area contributed by atoms with E-state index in [-0.39, 0.29) is 11.2 Å². The summed E-state index contributed by atoms with van der Waals surface area (Å²) in [6.07, 6.45) is 3.20. The molecule has 0 spiro atoms. The molecule has 1 N–H and O–H groups in total. The normalized spacial score (nSPS) is 25.1. The maximum absolute atomic E-state index is 12.1. The van der Waals surface area contributed by atoms with Gasteiger partial charge in [0.15, 0.2) is 0 Å². The number of rotatable bonds is 4. The van der Waals surface area contributed by atoms with Crippen molar-refractivity contribution in [3.8, 4) is 0 Å². The van der Waals surface area contributed by atoms with Gasteiger partial charge in [0.25, 0.3) is 0 Å². The Balaban J connectivity index is 2.70. The Hall–Kier alpha value is -0.130. The lowest BCUT2D eigenvalue weighted by Gasteiger charge is -2.34. The highest BCUT2D eigenvalue weighted by Gasteiger charge is 2.30. The van der Waals surface area contributed by atoms with Gasteiger partial charge >= 0.3 is 0 Å². The first-order valence-electron chi connectivity index (χ1n) is 6.56. The van der Waals surface area contributed by atoms with Crippen LogP contribution in [0.25, 0.3) is 0 Å². The molecule has 0 atom stereocenters. The van der Waals surface area contributed by atoms with Crippen LogP contribution in [0.15, 0.2) is 0 Å². The van der Waals surface area contributed by atoms with Crippen LogP contribution < -0.4 is 5.32 Å². The highest BCUT2D eigenvalue weighted by atomic mass is 32.2. The zero-order chi connectivity index (χ0) is 12.9. The van der Waals surface area contributed by atoms with E-state index in [0.29, 0.717) is 19.6 Å². The molecule has 0 bridgehead atoms. The van der Waals surface area contributed by atoms with Crippen molar-refractivity contribution in [3.63, 3.8) is 0 Å². The van der Waals surface area contributed by atoms with Crippen LogP contribution in [0.4, 0.5) is 0 Å². The standard InChI is InChI=1S/C12H26N2O2S/c1-4-5-6-8-14-11-12(2,3)10-13-7-9-17(14,15)16/h13H,4-11H2,1-3H3. The molecule has 1 aliphatic heterocycles. The Bertz CT molecular complexity index is 325. The van der Waals surface area contributed by atoms with Crippen LogP contribution in [0.5, 0.6) is 0 Å². The van der Waals surface area contributed by atoms with Gasteiger partial charge in [0.05, 0.1) is 5.75 Å². The van der Waals surface area contributed by atoms with Crippen LogP contribution in [0.1, 0.15) is 40.0 Å². The molecular formula is C12H26N2O2S. The lowest BCUT2D eigenvalue weighted by Crippen LogP contribution is -2.49. The van der Waals surface area contributed by atoms with Gasteiger partial charge in [0.1, 0.15) is 0 Å². The van der Waals surface area contributed by atoms with Crippen molar-refractivity contribution >= 4 is 10.0 Å². The zero-order valence-electron chi connectivity index (χ0n) is 11.3. The number of sulfonamides is 1. The molecule has 17 heavy (non-hydrogen) atoms. The third kappa shape index (κ3) is 4.94. The molecule has 0 aliphatic carbocycles. The fourth-order valence-electron chi connectivity index (χ4n) is 2.14. The van der Waals surface area contributed by atoms with Gasteiger partial charge in [-0.1, -0.05) is 33.6 Å². The Morgan fingerprint density at radius 2 is 2.00 bits per heavy atom. The van der Waals surface area contributed by atoms with E-state index in [9.17, 15) is 8.42 Å². The molecule has 1 heterocycles. The third-order valence-electron chi connectivity index (χ3n) is 3.15. The smallest absolute Gasteiger partial charge is 0.215 e. The fraction of sp³-hybridized carbons (Fsp3) is 1.00. The van der Waals surface area contributed by atoms with Gasteiger partial charge in [-0.2, -0.15) is 0 Å². The maximum atomic E-state index is 12.1. The highest BCUT2D eigenvalue weighted by Crippen LogP contribution is 2.20. The summed E-state index contributed by atoms with van der Waals surface area (Å²) < 4.78 is 25.9. The molecule has 0 saturated carbocycles. The van der Waals surface area contributed by atoms with Crippen LogP contribution >= 0.6 is 0 Å². The van der Waals surface area contributed by atoms with Crippen molar-refractivity contribution in [3.05, 3.63) is 0 Å². The monoisotopic (exact) mass is 262 g/mol. The minimum Gasteiger partial charge on any atom is -0.315 e. The van der Waals surface area contributed by atoms with Crippen LogP contribution in [-0.4, -0.2) is 44.7 Å². The van der Waals surface area contributed by atoms with E-state index in [1.165, 1.54) is 0 Å². The predicted molar refractivity (Wildman–Crippen MR) is 71.5 cm³/mol. The summed E-state index contributed by atoms with van der Waals surface area (Å²) >= 11 is 0. The van der Waals surface area contributed by atoms with Crippen LogP contribution in [-0.2, 0) is 10.0 Å². The van der Waals surface area contributed by atoms with E-state index >= 15 is 0 Å². The summed E-state index contributed by atoms with van der Waals surface area (Å²) in [6.45, 7) is 9.13. The van der Waals surface area contributed by atoms with Gasteiger partial charge in [0, 0.05) is 26.2 Å². The summed E-state index contributed by atoms with van der Waals surface area (Å²) in [5.74, 6) is 0.231. The van der Waals surface area contributed by atoms with E-state index in [1.807, 2.05) is 0 Å². The molecular weight excluding hydrogens is 236 g/mol. The Kier molecular flexibility index (Phi) is 5.41. The van der Waals surface area contributed by atoms with Crippen LogP contribution in [0.3, 0.4) is 0 Å². The molecule has 102 valence electrons. The third-order valence-corrected chi connectivity index (χ3v) is 4.97. The SMILES string of the molecule is CCCCCN1CC(C)(C)CNCCS1(=O)=O. The topological polar surface area (TPSA) is 49.4 Å². The second-order valence-corrected chi connectivity index (χ2v) is 7.79. The Morgan fingerprint density at radius 3 is 2.65 bits per heavy atom. The van der Waals surface area contributed by atoms with Crippen molar-refractivity contribution in [1.82, 2.24) is 9.62 Å². The minimum absolute atomic E-state index is 0.0136. The number of nitrogens with zero attached hydrogens (tertiary/aromatic N) is 1. The Morgan fingerprint density at radius 1 is 1.29 bits per heavy atom. The molecule has 1 aliphatic rings. The van der Waals surface area contributed by atoms with Crippen molar-refractivity contribution in [1.29, 1.82) is 0 Å². The lowest BCUT2D eigenvalue weighted by molar-refractivity contribution is 0.241.